The van der Waals surface area contributed by atoms with Gasteiger partial charge in [-0.15, -0.1) is 11.3 Å². The van der Waals surface area contributed by atoms with Crippen molar-refractivity contribution < 1.29 is 26.4 Å². The highest BCUT2D eigenvalue weighted by atomic mass is 35.5. The highest BCUT2D eigenvalue weighted by Crippen LogP contribution is 2.32. The predicted molar refractivity (Wildman–Crippen MR) is 137 cm³/mol. The zero-order valence-electron chi connectivity index (χ0n) is 19.6. The van der Waals surface area contributed by atoms with E-state index in [0.717, 1.165) is 36.4 Å². The molecule has 1 aliphatic rings. The van der Waals surface area contributed by atoms with E-state index in [1.165, 1.54) is 22.5 Å². The van der Waals surface area contributed by atoms with Crippen LogP contribution in [0.15, 0.2) is 64.9 Å². The fourth-order valence-electron chi connectivity index (χ4n) is 4.05. The number of sulfonamides is 1. The third kappa shape index (κ3) is 6.91. The number of alkyl halides is 3. The summed E-state index contributed by atoms with van der Waals surface area (Å²) in [4.78, 5) is 13.0. The Morgan fingerprint density at radius 2 is 1.78 bits per heavy atom. The second-order valence-electron chi connectivity index (χ2n) is 8.66. The number of nitrogens with zero attached hydrogens (tertiary/aromatic N) is 1. The standard InChI is InChI=1S/C25H25ClF3N3O3S2/c26-20-9-5-18(6-10-20)24(33)31-15-22-11-12-23(36-22)37(34,35)32(21-2-1-13-30-14-21)16-17-3-7-19(8-4-17)25(27,28)29/h3-12,21,30H,1-2,13-16H2,(H,31,33). The quantitative estimate of drug-likeness (QED) is 0.385. The molecule has 0 saturated carbocycles. The maximum Gasteiger partial charge on any atom is 0.416 e. The minimum absolute atomic E-state index is 0.0483. The molecule has 0 radical (unpaired) electrons. The third-order valence-electron chi connectivity index (χ3n) is 6.03. The number of carbonyl (C=O) groups is 1. The molecule has 0 bridgehead atoms. The summed E-state index contributed by atoms with van der Waals surface area (Å²) < 4.78 is 67.8. The molecule has 1 fully saturated rings. The van der Waals surface area contributed by atoms with Gasteiger partial charge in [0.15, 0.2) is 0 Å². The number of halogens is 4. The minimum Gasteiger partial charge on any atom is -0.347 e. The van der Waals surface area contributed by atoms with E-state index >= 15 is 0 Å². The van der Waals surface area contributed by atoms with E-state index in [9.17, 15) is 26.4 Å². The number of nitrogens with one attached hydrogen (secondary N) is 2. The van der Waals surface area contributed by atoms with Crippen LogP contribution in [0.1, 0.15) is 39.2 Å². The average molecular weight is 572 g/mol. The number of rotatable bonds is 8. The Morgan fingerprint density at radius 3 is 2.41 bits per heavy atom. The van der Waals surface area contributed by atoms with Crippen LogP contribution in [0, 0.1) is 0 Å². The fourth-order valence-corrected chi connectivity index (χ4v) is 7.24. The summed E-state index contributed by atoms with van der Waals surface area (Å²) in [6, 6.07) is 13.8. The molecule has 1 amide bonds. The van der Waals surface area contributed by atoms with Crippen molar-refractivity contribution in [3.63, 3.8) is 0 Å². The number of hydrogen-bond donors (Lipinski definition) is 2. The van der Waals surface area contributed by atoms with Crippen LogP contribution in [0.2, 0.25) is 5.02 Å². The molecule has 1 atom stereocenters. The van der Waals surface area contributed by atoms with Crippen molar-refractivity contribution in [1.82, 2.24) is 14.9 Å². The topological polar surface area (TPSA) is 78.5 Å². The lowest BCUT2D eigenvalue weighted by Crippen LogP contribution is -2.48. The van der Waals surface area contributed by atoms with E-state index in [4.69, 9.17) is 11.6 Å². The van der Waals surface area contributed by atoms with Gasteiger partial charge in [0.2, 0.25) is 0 Å². The van der Waals surface area contributed by atoms with E-state index < -0.39 is 21.8 Å². The zero-order chi connectivity index (χ0) is 26.6. The number of hydrogen-bond acceptors (Lipinski definition) is 5. The van der Waals surface area contributed by atoms with E-state index in [-0.39, 0.29) is 29.2 Å². The largest absolute Gasteiger partial charge is 0.416 e. The molecule has 2 aromatic carbocycles. The zero-order valence-corrected chi connectivity index (χ0v) is 22.0. The van der Waals surface area contributed by atoms with Crippen molar-refractivity contribution in [3.8, 4) is 0 Å². The summed E-state index contributed by atoms with van der Waals surface area (Å²) in [5.41, 5.74) is 0.115. The summed E-state index contributed by atoms with van der Waals surface area (Å²) in [5, 5.41) is 6.48. The molecule has 1 aliphatic heterocycles. The van der Waals surface area contributed by atoms with Gasteiger partial charge in [0.05, 0.1) is 12.1 Å². The van der Waals surface area contributed by atoms with Crippen molar-refractivity contribution in [2.75, 3.05) is 13.1 Å². The molecule has 3 aromatic rings. The summed E-state index contributed by atoms with van der Waals surface area (Å²) in [5.74, 6) is -0.313. The van der Waals surface area contributed by atoms with Crippen molar-refractivity contribution in [3.05, 3.63) is 87.3 Å². The minimum atomic E-state index is -4.46. The number of benzene rings is 2. The molecule has 37 heavy (non-hydrogen) atoms. The third-order valence-corrected chi connectivity index (χ3v) is 9.73. The highest BCUT2D eigenvalue weighted by Gasteiger charge is 2.34. The summed E-state index contributed by atoms with van der Waals surface area (Å²) in [7, 11) is -3.95. The second-order valence-corrected chi connectivity index (χ2v) is 12.4. The molecule has 12 heteroatoms. The SMILES string of the molecule is O=C(NCc1ccc(S(=O)(=O)N(Cc2ccc(C(F)(F)F)cc2)C2CCCNC2)s1)c1ccc(Cl)cc1. The number of thiophene rings is 1. The average Bonchev–Trinajstić information content (AvgIpc) is 3.36. The lowest BCUT2D eigenvalue weighted by Gasteiger charge is -2.33. The smallest absolute Gasteiger partial charge is 0.347 e. The molecule has 0 aliphatic carbocycles. The molecule has 1 aromatic heterocycles. The van der Waals surface area contributed by atoms with Gasteiger partial charge in [-0.1, -0.05) is 23.7 Å². The number of carbonyl (C=O) groups excluding carboxylic acids is 1. The van der Waals surface area contributed by atoms with Crippen LogP contribution >= 0.6 is 22.9 Å². The molecule has 4 rings (SSSR count). The van der Waals surface area contributed by atoms with Crippen LogP contribution in [0.25, 0.3) is 0 Å². The van der Waals surface area contributed by atoms with Crippen LogP contribution in [0.3, 0.4) is 0 Å². The molecule has 1 saturated heterocycles. The van der Waals surface area contributed by atoms with Gasteiger partial charge in [-0.25, -0.2) is 8.42 Å². The summed E-state index contributed by atoms with van der Waals surface area (Å²) >= 11 is 6.91. The van der Waals surface area contributed by atoms with Crippen LogP contribution in [0.4, 0.5) is 13.2 Å². The molecule has 2 N–H and O–H groups in total. The first-order valence-electron chi connectivity index (χ1n) is 11.6. The summed E-state index contributed by atoms with van der Waals surface area (Å²) in [6.07, 6.45) is -3.04. The molecular formula is C25H25ClF3N3O3S2. The van der Waals surface area contributed by atoms with Crippen molar-refractivity contribution in [2.24, 2.45) is 0 Å². The first-order chi connectivity index (χ1) is 17.5. The Morgan fingerprint density at radius 1 is 1.08 bits per heavy atom. The number of amides is 1. The van der Waals surface area contributed by atoms with Gasteiger partial charge in [-0.3, -0.25) is 4.79 Å². The van der Waals surface area contributed by atoms with Gasteiger partial charge < -0.3 is 10.6 Å². The Labute approximate surface area is 222 Å². The molecule has 6 nitrogen and oxygen atoms in total. The van der Waals surface area contributed by atoms with Crippen molar-refractivity contribution in [2.45, 2.75) is 42.4 Å². The van der Waals surface area contributed by atoms with Crippen molar-refractivity contribution in [1.29, 1.82) is 0 Å². The maximum atomic E-state index is 13.7. The van der Waals surface area contributed by atoms with Crippen LogP contribution in [-0.4, -0.2) is 37.8 Å². The van der Waals surface area contributed by atoms with Crippen LogP contribution in [-0.2, 0) is 29.3 Å². The summed E-state index contributed by atoms with van der Waals surface area (Å²) in [6.45, 7) is 1.33. The predicted octanol–water partition coefficient (Wildman–Crippen LogP) is 5.29. The Hall–Kier alpha value is -2.44. The molecular weight excluding hydrogens is 547 g/mol. The van der Waals surface area contributed by atoms with Crippen LogP contribution < -0.4 is 10.6 Å². The maximum absolute atomic E-state index is 13.7. The van der Waals surface area contributed by atoms with E-state index in [2.05, 4.69) is 10.6 Å². The normalized spacial score (nSPS) is 16.6. The fraction of sp³-hybridized carbons (Fsp3) is 0.320. The second kappa shape index (κ2) is 11.5. The Bertz CT molecular complexity index is 1320. The van der Waals surface area contributed by atoms with Gasteiger partial charge in [-0.05, 0) is 73.5 Å². The Kier molecular flexibility index (Phi) is 8.59. The molecule has 0 spiro atoms. The number of piperidine rings is 1. The van der Waals surface area contributed by atoms with Gasteiger partial charge in [0, 0.05) is 34.6 Å². The van der Waals surface area contributed by atoms with E-state index in [1.807, 2.05) is 0 Å². The van der Waals surface area contributed by atoms with Crippen molar-refractivity contribution >= 4 is 38.9 Å². The van der Waals surface area contributed by atoms with Crippen LogP contribution in [0.5, 0.6) is 0 Å². The molecule has 2 heterocycles. The lowest BCUT2D eigenvalue weighted by molar-refractivity contribution is -0.137. The van der Waals surface area contributed by atoms with Gasteiger partial charge in [-0.2, -0.15) is 17.5 Å². The van der Waals surface area contributed by atoms with Gasteiger partial charge >= 0.3 is 6.18 Å². The lowest BCUT2D eigenvalue weighted by atomic mass is 10.1. The molecule has 1 unspecified atom stereocenters. The van der Waals surface area contributed by atoms with Gasteiger partial charge in [0.25, 0.3) is 15.9 Å². The van der Waals surface area contributed by atoms with E-state index in [0.29, 0.717) is 34.0 Å². The van der Waals surface area contributed by atoms with Gasteiger partial charge in [0.1, 0.15) is 4.21 Å². The Balaban J connectivity index is 1.51. The monoisotopic (exact) mass is 571 g/mol. The first kappa shape index (κ1) is 27.6. The van der Waals surface area contributed by atoms with E-state index in [1.54, 1.807) is 30.3 Å². The molecule has 198 valence electrons. The first-order valence-corrected chi connectivity index (χ1v) is 14.2. The highest BCUT2D eigenvalue weighted by molar-refractivity contribution is 7.91.